The van der Waals surface area contributed by atoms with E-state index >= 15 is 0 Å². The molecule has 0 aromatic heterocycles. The monoisotopic (exact) mass is 294 g/mol. The first kappa shape index (κ1) is 15.3. The van der Waals surface area contributed by atoms with Gasteiger partial charge < -0.3 is 9.64 Å². The van der Waals surface area contributed by atoms with Crippen LogP contribution in [-0.4, -0.2) is 42.3 Å². The number of ether oxygens (including phenoxy) is 1. The summed E-state index contributed by atoms with van der Waals surface area (Å²) in [6, 6.07) is 0.0367. The minimum atomic E-state index is -0.0602. The van der Waals surface area contributed by atoms with Crippen molar-refractivity contribution in [3.05, 3.63) is 0 Å². The summed E-state index contributed by atoms with van der Waals surface area (Å²) >= 11 is 0. The lowest BCUT2D eigenvalue weighted by Crippen LogP contribution is -2.54. The molecule has 3 aliphatic rings. The van der Waals surface area contributed by atoms with Gasteiger partial charge in [0.05, 0.1) is 24.4 Å². The highest BCUT2D eigenvalue weighted by Gasteiger charge is 2.48. The number of amides is 1. The maximum Gasteiger partial charge on any atom is 0.241 e. The average molecular weight is 294 g/mol. The van der Waals surface area contributed by atoms with Gasteiger partial charge >= 0.3 is 0 Å². The number of carbonyl (C=O) groups is 1. The fraction of sp³-hybridized carbons (Fsp3) is 0.941. The predicted molar refractivity (Wildman–Crippen MR) is 82.9 cm³/mol. The molecule has 1 saturated heterocycles. The Labute approximate surface area is 128 Å². The van der Waals surface area contributed by atoms with E-state index in [0.717, 1.165) is 32.2 Å². The molecule has 4 nitrogen and oxygen atoms in total. The van der Waals surface area contributed by atoms with E-state index in [9.17, 15) is 4.79 Å². The molecule has 2 atom stereocenters. The van der Waals surface area contributed by atoms with Crippen LogP contribution >= 0.6 is 0 Å². The molecule has 2 aliphatic carbocycles. The largest absolute Gasteiger partial charge is 0.376 e. The Balaban J connectivity index is 1.73. The van der Waals surface area contributed by atoms with E-state index in [-0.39, 0.29) is 17.8 Å². The molecular formula is C17H30N2O2. The van der Waals surface area contributed by atoms with Crippen LogP contribution in [0, 0.1) is 5.92 Å². The third-order valence-corrected chi connectivity index (χ3v) is 5.87. The summed E-state index contributed by atoms with van der Waals surface area (Å²) in [6.07, 6.45) is 10.9. The van der Waals surface area contributed by atoms with Crippen LogP contribution in [0.3, 0.4) is 0 Å². The number of hydrogen-bond acceptors (Lipinski definition) is 3. The van der Waals surface area contributed by atoms with Crippen molar-refractivity contribution in [3.8, 4) is 0 Å². The van der Waals surface area contributed by atoms with Gasteiger partial charge in [0, 0.05) is 7.11 Å². The van der Waals surface area contributed by atoms with Gasteiger partial charge in [-0.05, 0) is 44.4 Å². The van der Waals surface area contributed by atoms with Gasteiger partial charge in [-0.25, -0.2) is 0 Å². The topological polar surface area (TPSA) is 41.6 Å². The van der Waals surface area contributed by atoms with Gasteiger partial charge in [-0.1, -0.05) is 26.2 Å². The second-order valence-corrected chi connectivity index (χ2v) is 7.20. The van der Waals surface area contributed by atoms with Crippen LogP contribution in [0.4, 0.5) is 0 Å². The maximum absolute atomic E-state index is 12.8. The molecule has 0 bridgehead atoms. The Hall–Kier alpha value is -0.610. The van der Waals surface area contributed by atoms with Crippen molar-refractivity contribution in [2.75, 3.05) is 13.7 Å². The molecule has 1 aliphatic heterocycles. The van der Waals surface area contributed by atoms with E-state index in [1.165, 1.54) is 32.1 Å². The molecule has 4 heteroatoms. The minimum absolute atomic E-state index is 0.0367. The first-order valence-corrected chi connectivity index (χ1v) is 8.81. The van der Waals surface area contributed by atoms with Crippen LogP contribution in [0.2, 0.25) is 0 Å². The summed E-state index contributed by atoms with van der Waals surface area (Å²) in [5.41, 5.74) is -0.0602. The molecule has 1 amide bonds. The van der Waals surface area contributed by atoms with Gasteiger partial charge in [-0.15, -0.1) is 0 Å². The van der Waals surface area contributed by atoms with Crippen molar-refractivity contribution in [2.24, 2.45) is 5.92 Å². The Morgan fingerprint density at radius 3 is 2.52 bits per heavy atom. The zero-order valence-corrected chi connectivity index (χ0v) is 13.6. The highest BCUT2D eigenvalue weighted by molar-refractivity contribution is 5.84. The lowest BCUT2D eigenvalue weighted by atomic mass is 9.79. The zero-order valence-electron chi connectivity index (χ0n) is 13.6. The molecular weight excluding hydrogens is 264 g/mol. The summed E-state index contributed by atoms with van der Waals surface area (Å²) in [6.45, 7) is 2.95. The molecule has 3 fully saturated rings. The van der Waals surface area contributed by atoms with Gasteiger partial charge in [0.25, 0.3) is 0 Å². The number of carbonyl (C=O) groups excluding carboxylic acids is 1. The quantitative estimate of drug-likeness (QED) is 0.819. The number of hydrogen-bond donors (Lipinski definition) is 1. The fourth-order valence-electron chi connectivity index (χ4n) is 4.35. The standard InChI is InChI=1S/C17H30N2O2/c1-3-7-14-16(20)19(12-17(21-2)10-6-11-17)15(18-14)13-8-4-5-9-13/h13-15,18H,3-12H2,1-2H3. The highest BCUT2D eigenvalue weighted by atomic mass is 16.5. The van der Waals surface area contributed by atoms with Crippen molar-refractivity contribution in [2.45, 2.75) is 82.5 Å². The van der Waals surface area contributed by atoms with Crippen molar-refractivity contribution in [3.63, 3.8) is 0 Å². The molecule has 0 aromatic rings. The lowest BCUT2D eigenvalue weighted by molar-refractivity contribution is -0.141. The first-order chi connectivity index (χ1) is 10.2. The summed E-state index contributed by atoms with van der Waals surface area (Å²) < 4.78 is 5.77. The SMILES string of the molecule is CCCC1NC(C2CCCC2)N(CC2(OC)CCC2)C1=O. The van der Waals surface area contributed by atoms with E-state index in [2.05, 4.69) is 17.1 Å². The molecule has 1 N–H and O–H groups in total. The van der Waals surface area contributed by atoms with Gasteiger partial charge in [0.1, 0.15) is 0 Å². The zero-order chi connectivity index (χ0) is 14.9. The van der Waals surface area contributed by atoms with Crippen molar-refractivity contribution >= 4 is 5.91 Å². The number of nitrogens with zero attached hydrogens (tertiary/aromatic N) is 1. The number of methoxy groups -OCH3 is 1. The van der Waals surface area contributed by atoms with E-state index in [0.29, 0.717) is 11.8 Å². The first-order valence-electron chi connectivity index (χ1n) is 8.81. The van der Waals surface area contributed by atoms with Crippen molar-refractivity contribution < 1.29 is 9.53 Å². The molecule has 3 rings (SSSR count). The van der Waals surface area contributed by atoms with Crippen LogP contribution in [0.5, 0.6) is 0 Å². The fourth-order valence-corrected chi connectivity index (χ4v) is 4.35. The second kappa shape index (κ2) is 6.25. The third-order valence-electron chi connectivity index (χ3n) is 5.87. The van der Waals surface area contributed by atoms with Gasteiger partial charge in [-0.2, -0.15) is 0 Å². The Morgan fingerprint density at radius 2 is 2.00 bits per heavy atom. The summed E-state index contributed by atoms with van der Waals surface area (Å²) in [4.78, 5) is 14.9. The van der Waals surface area contributed by atoms with Gasteiger partial charge in [-0.3, -0.25) is 10.1 Å². The molecule has 0 spiro atoms. The van der Waals surface area contributed by atoms with E-state index in [4.69, 9.17) is 4.74 Å². The van der Waals surface area contributed by atoms with Crippen LogP contribution in [0.15, 0.2) is 0 Å². The summed E-state index contributed by atoms with van der Waals surface area (Å²) in [5.74, 6) is 0.960. The predicted octanol–water partition coefficient (Wildman–Crippen LogP) is 2.67. The minimum Gasteiger partial charge on any atom is -0.376 e. The molecule has 21 heavy (non-hydrogen) atoms. The van der Waals surface area contributed by atoms with Crippen LogP contribution in [0.25, 0.3) is 0 Å². The summed E-state index contributed by atoms with van der Waals surface area (Å²) in [5, 5.41) is 3.65. The van der Waals surface area contributed by atoms with E-state index in [1.54, 1.807) is 7.11 Å². The van der Waals surface area contributed by atoms with E-state index in [1.807, 2.05) is 0 Å². The number of nitrogens with one attached hydrogen (secondary N) is 1. The van der Waals surface area contributed by atoms with Crippen LogP contribution in [0.1, 0.15) is 64.7 Å². The van der Waals surface area contributed by atoms with Crippen molar-refractivity contribution in [1.82, 2.24) is 10.2 Å². The second-order valence-electron chi connectivity index (χ2n) is 7.20. The van der Waals surface area contributed by atoms with Gasteiger partial charge in [0.2, 0.25) is 5.91 Å². The number of rotatable bonds is 6. The van der Waals surface area contributed by atoms with Gasteiger partial charge in [0.15, 0.2) is 0 Å². The molecule has 0 radical (unpaired) electrons. The summed E-state index contributed by atoms with van der Waals surface area (Å²) in [7, 11) is 1.81. The van der Waals surface area contributed by atoms with E-state index < -0.39 is 0 Å². The van der Waals surface area contributed by atoms with Crippen molar-refractivity contribution in [1.29, 1.82) is 0 Å². The normalized spacial score (nSPS) is 32.7. The smallest absolute Gasteiger partial charge is 0.241 e. The average Bonchev–Trinajstić information content (AvgIpc) is 3.05. The third kappa shape index (κ3) is 2.85. The Morgan fingerprint density at radius 1 is 1.29 bits per heavy atom. The van der Waals surface area contributed by atoms with Crippen LogP contribution < -0.4 is 5.32 Å². The lowest BCUT2D eigenvalue weighted by Gasteiger charge is -2.44. The molecule has 2 unspecified atom stereocenters. The van der Waals surface area contributed by atoms with Crippen LogP contribution in [-0.2, 0) is 9.53 Å². The Bertz CT molecular complexity index is 369. The Kier molecular flexibility index (Phi) is 4.55. The molecule has 120 valence electrons. The molecule has 2 saturated carbocycles. The maximum atomic E-state index is 12.8. The molecule has 0 aromatic carbocycles. The molecule has 1 heterocycles. The highest BCUT2D eigenvalue weighted by Crippen LogP contribution is 2.39.